The molecule has 4 aliphatic carbocycles. The second kappa shape index (κ2) is 5.28. The van der Waals surface area contributed by atoms with E-state index in [1.807, 2.05) is 0 Å². The number of carbonyl (C=O) groups excluding carboxylic acids is 2. The van der Waals surface area contributed by atoms with E-state index >= 15 is 0 Å². The highest BCUT2D eigenvalue weighted by Crippen LogP contribution is 2.62. The van der Waals surface area contributed by atoms with Crippen molar-refractivity contribution in [3.8, 4) is 0 Å². The van der Waals surface area contributed by atoms with Gasteiger partial charge >= 0.3 is 17.9 Å². The van der Waals surface area contributed by atoms with Crippen molar-refractivity contribution in [2.45, 2.75) is 57.0 Å². The summed E-state index contributed by atoms with van der Waals surface area (Å²) in [4.78, 5) is 23.1. The second-order valence-corrected chi connectivity index (χ2v) is 7.73. The molecule has 4 rings (SSSR count). The van der Waals surface area contributed by atoms with E-state index in [4.69, 9.17) is 9.47 Å². The molecule has 4 fully saturated rings. The van der Waals surface area contributed by atoms with E-state index in [0.29, 0.717) is 25.2 Å². The number of hydrogen-bond acceptors (Lipinski definition) is 4. The van der Waals surface area contributed by atoms with Crippen LogP contribution < -0.4 is 0 Å². The molecule has 23 heavy (non-hydrogen) atoms. The molecule has 0 aromatic carbocycles. The number of rotatable bonds is 5. The molecule has 0 N–H and O–H groups in total. The molecule has 0 spiro atoms. The number of carbonyl (C=O) groups is 2. The third-order valence-electron chi connectivity index (χ3n) is 5.48. The van der Waals surface area contributed by atoms with Crippen LogP contribution in [-0.4, -0.2) is 30.1 Å². The van der Waals surface area contributed by atoms with Gasteiger partial charge in [0.15, 0.2) is 0 Å². The molecule has 0 saturated heterocycles. The summed E-state index contributed by atoms with van der Waals surface area (Å²) in [7, 11) is 0. The van der Waals surface area contributed by atoms with Crippen LogP contribution in [-0.2, 0) is 19.1 Å². The molecule has 2 atom stereocenters. The Morgan fingerprint density at radius 3 is 2.39 bits per heavy atom. The van der Waals surface area contributed by atoms with E-state index < -0.39 is 23.5 Å². The number of halogens is 2. The highest BCUT2D eigenvalue weighted by Gasteiger charge is 2.60. The topological polar surface area (TPSA) is 52.6 Å². The van der Waals surface area contributed by atoms with Crippen molar-refractivity contribution in [2.24, 2.45) is 17.3 Å². The molecule has 6 heteroatoms. The van der Waals surface area contributed by atoms with Crippen molar-refractivity contribution in [1.29, 1.82) is 0 Å². The van der Waals surface area contributed by atoms with E-state index in [1.54, 1.807) is 0 Å². The first kappa shape index (κ1) is 16.4. The molecule has 128 valence electrons. The summed E-state index contributed by atoms with van der Waals surface area (Å²) in [6.07, 6.45) is 6.12. The Hall–Kier alpha value is -1.46. The molecule has 2 unspecified atom stereocenters. The van der Waals surface area contributed by atoms with Crippen LogP contribution in [0.1, 0.15) is 45.4 Å². The van der Waals surface area contributed by atoms with Crippen LogP contribution in [0.2, 0.25) is 0 Å². The zero-order chi connectivity index (χ0) is 16.9. The molecule has 4 nitrogen and oxygen atoms in total. The summed E-state index contributed by atoms with van der Waals surface area (Å²) < 4.78 is 36.6. The Morgan fingerprint density at radius 1 is 1.26 bits per heavy atom. The molecular formula is C17H22F2O4. The summed E-state index contributed by atoms with van der Waals surface area (Å²) in [5, 5.41) is 0. The lowest BCUT2D eigenvalue weighted by Crippen LogP contribution is -2.58. The van der Waals surface area contributed by atoms with Gasteiger partial charge in [0.1, 0.15) is 5.60 Å². The van der Waals surface area contributed by atoms with Gasteiger partial charge in [-0.05, 0) is 50.4 Å². The van der Waals surface area contributed by atoms with Crippen molar-refractivity contribution < 1.29 is 27.8 Å². The zero-order valence-corrected chi connectivity index (χ0v) is 13.3. The molecule has 0 aromatic rings. The minimum atomic E-state index is -3.48. The van der Waals surface area contributed by atoms with E-state index in [1.165, 1.54) is 0 Å². The fourth-order valence-corrected chi connectivity index (χ4v) is 5.25. The van der Waals surface area contributed by atoms with Gasteiger partial charge in [-0.25, -0.2) is 9.59 Å². The predicted molar refractivity (Wildman–Crippen MR) is 77.7 cm³/mol. The standard InChI is InChI=1S/C17H22F2O4/c1-3-13(20)23-17-7-11-4-12(8-17)6-16(5-11,9-17)10-22-14(21)15(2,18)19/h3,11-12H,1,4-10H2,2H3. The second-order valence-electron chi connectivity index (χ2n) is 7.73. The van der Waals surface area contributed by atoms with Crippen molar-refractivity contribution in [2.75, 3.05) is 6.61 Å². The van der Waals surface area contributed by atoms with Gasteiger partial charge in [0, 0.05) is 18.4 Å². The van der Waals surface area contributed by atoms with E-state index in [9.17, 15) is 18.4 Å². The van der Waals surface area contributed by atoms with Crippen molar-refractivity contribution in [1.82, 2.24) is 0 Å². The molecule has 4 aliphatic rings. The van der Waals surface area contributed by atoms with Gasteiger partial charge in [-0.2, -0.15) is 8.78 Å². The largest absolute Gasteiger partial charge is 0.461 e. The molecule has 0 radical (unpaired) electrons. The van der Waals surface area contributed by atoms with E-state index in [0.717, 1.165) is 38.2 Å². The maximum atomic E-state index is 13.0. The van der Waals surface area contributed by atoms with Crippen molar-refractivity contribution in [3.05, 3.63) is 12.7 Å². The molecule has 0 aliphatic heterocycles. The molecule has 4 saturated carbocycles. The van der Waals surface area contributed by atoms with Crippen LogP contribution in [0.15, 0.2) is 12.7 Å². The number of esters is 2. The van der Waals surface area contributed by atoms with Crippen LogP contribution in [0, 0.1) is 17.3 Å². The zero-order valence-electron chi connectivity index (χ0n) is 13.3. The first-order valence-corrected chi connectivity index (χ1v) is 8.06. The maximum Gasteiger partial charge on any atom is 0.376 e. The van der Waals surface area contributed by atoms with Gasteiger partial charge in [-0.1, -0.05) is 6.58 Å². The Labute approximate surface area is 134 Å². The summed E-state index contributed by atoms with van der Waals surface area (Å²) >= 11 is 0. The minimum absolute atomic E-state index is 0.0182. The monoisotopic (exact) mass is 328 g/mol. The predicted octanol–water partition coefficient (Wildman–Crippen LogP) is 3.25. The van der Waals surface area contributed by atoms with E-state index in [-0.39, 0.29) is 12.0 Å². The Bertz CT molecular complexity index is 523. The van der Waals surface area contributed by atoms with Gasteiger partial charge < -0.3 is 9.47 Å². The lowest BCUT2D eigenvalue weighted by molar-refractivity contribution is -0.211. The summed E-state index contributed by atoms with van der Waals surface area (Å²) in [5.74, 6) is -4.61. The van der Waals surface area contributed by atoms with Crippen LogP contribution in [0.25, 0.3) is 0 Å². The number of alkyl halides is 2. The van der Waals surface area contributed by atoms with Crippen LogP contribution in [0.5, 0.6) is 0 Å². The van der Waals surface area contributed by atoms with Gasteiger partial charge in [0.05, 0.1) is 6.61 Å². The normalized spacial score (nSPS) is 38.2. The van der Waals surface area contributed by atoms with Crippen LogP contribution >= 0.6 is 0 Å². The SMILES string of the molecule is C=CC(=O)OC12CC3CC(CC(COC(=O)C(C)(F)F)(C3)C1)C2. The first-order chi connectivity index (χ1) is 10.7. The lowest BCUT2D eigenvalue weighted by atomic mass is 9.48. The van der Waals surface area contributed by atoms with Gasteiger partial charge in [0.2, 0.25) is 0 Å². The quantitative estimate of drug-likeness (QED) is 0.574. The summed E-state index contributed by atoms with van der Waals surface area (Å²) in [6.45, 7) is 3.96. The minimum Gasteiger partial charge on any atom is -0.461 e. The highest BCUT2D eigenvalue weighted by atomic mass is 19.3. The third kappa shape index (κ3) is 3.12. The molecule has 0 heterocycles. The summed E-state index contributed by atoms with van der Waals surface area (Å²) in [6, 6.07) is 0. The highest BCUT2D eigenvalue weighted by molar-refractivity contribution is 5.81. The smallest absolute Gasteiger partial charge is 0.376 e. The summed E-state index contributed by atoms with van der Waals surface area (Å²) in [5.41, 5.74) is -0.886. The van der Waals surface area contributed by atoms with Crippen molar-refractivity contribution >= 4 is 11.9 Å². The van der Waals surface area contributed by atoms with Gasteiger partial charge in [-0.3, -0.25) is 0 Å². The van der Waals surface area contributed by atoms with Gasteiger partial charge in [0.25, 0.3) is 0 Å². The average molecular weight is 328 g/mol. The maximum absolute atomic E-state index is 13.0. The molecular weight excluding hydrogens is 306 g/mol. The van der Waals surface area contributed by atoms with Crippen LogP contribution in [0.3, 0.4) is 0 Å². The third-order valence-corrected chi connectivity index (χ3v) is 5.48. The van der Waals surface area contributed by atoms with E-state index in [2.05, 4.69) is 6.58 Å². The fraction of sp³-hybridized carbons (Fsp3) is 0.765. The average Bonchev–Trinajstić information content (AvgIpc) is 2.41. The molecule has 0 amide bonds. The Kier molecular flexibility index (Phi) is 3.76. The molecule has 0 aromatic heterocycles. The number of hydrogen-bond donors (Lipinski definition) is 0. The van der Waals surface area contributed by atoms with Crippen LogP contribution in [0.4, 0.5) is 8.78 Å². The van der Waals surface area contributed by atoms with Crippen molar-refractivity contribution in [3.63, 3.8) is 0 Å². The fourth-order valence-electron chi connectivity index (χ4n) is 5.25. The lowest BCUT2D eigenvalue weighted by Gasteiger charge is -2.60. The van der Waals surface area contributed by atoms with Gasteiger partial charge in [-0.15, -0.1) is 0 Å². The Balaban J connectivity index is 1.74. The first-order valence-electron chi connectivity index (χ1n) is 8.06. The number of ether oxygens (including phenoxy) is 2. The Morgan fingerprint density at radius 2 is 1.87 bits per heavy atom. The molecule has 4 bridgehead atoms.